The maximum atomic E-state index is 12.6. The molecule has 1 aliphatic heterocycles. The molecule has 0 aliphatic carbocycles. The average molecular weight is 384 g/mol. The van der Waals surface area contributed by atoms with Crippen LogP contribution in [0.15, 0.2) is 53.4 Å². The van der Waals surface area contributed by atoms with Gasteiger partial charge in [-0.15, -0.1) is 11.8 Å². The number of nitrogens with one attached hydrogen (secondary N) is 2. The Hall–Kier alpha value is -2.80. The maximum absolute atomic E-state index is 12.6. The highest BCUT2D eigenvalue weighted by molar-refractivity contribution is 8.00. The van der Waals surface area contributed by atoms with Gasteiger partial charge in [-0.05, 0) is 37.6 Å². The minimum Gasteiger partial charge on any atom is -0.481 e. The quantitative estimate of drug-likeness (QED) is 0.737. The van der Waals surface area contributed by atoms with E-state index >= 15 is 0 Å². The molecule has 1 heterocycles. The number of carbonyl (C=O) groups is 3. The van der Waals surface area contributed by atoms with E-state index in [1.165, 1.54) is 11.8 Å². The van der Waals surface area contributed by atoms with E-state index in [0.717, 1.165) is 4.90 Å². The second-order valence-corrected chi connectivity index (χ2v) is 8.03. The molecule has 3 N–H and O–H groups in total. The number of carboxylic acids is 1. The van der Waals surface area contributed by atoms with Crippen LogP contribution in [-0.4, -0.2) is 34.7 Å². The number of anilines is 1. The minimum atomic E-state index is -1.25. The van der Waals surface area contributed by atoms with Crippen molar-refractivity contribution in [3.8, 4) is 0 Å². The lowest BCUT2D eigenvalue weighted by Crippen LogP contribution is -2.44. The van der Waals surface area contributed by atoms with E-state index in [-0.39, 0.29) is 23.6 Å². The van der Waals surface area contributed by atoms with Gasteiger partial charge >= 0.3 is 5.97 Å². The van der Waals surface area contributed by atoms with Crippen molar-refractivity contribution < 1.29 is 19.5 Å². The molecule has 0 saturated carbocycles. The van der Waals surface area contributed by atoms with Crippen LogP contribution in [0.4, 0.5) is 5.69 Å². The molecule has 7 heteroatoms. The Morgan fingerprint density at radius 3 is 2.59 bits per heavy atom. The lowest BCUT2D eigenvalue weighted by Gasteiger charge is -2.26. The van der Waals surface area contributed by atoms with E-state index < -0.39 is 11.4 Å². The summed E-state index contributed by atoms with van der Waals surface area (Å²) >= 11 is 1.44. The molecular weight excluding hydrogens is 364 g/mol. The first-order valence-corrected chi connectivity index (χ1v) is 9.38. The van der Waals surface area contributed by atoms with Crippen LogP contribution in [0.5, 0.6) is 0 Å². The number of thioether (sulfide) groups is 1. The zero-order chi connectivity index (χ0) is 19.6. The highest BCUT2D eigenvalue weighted by atomic mass is 32.2. The molecule has 2 aromatic rings. The molecule has 140 valence electrons. The zero-order valence-corrected chi connectivity index (χ0v) is 15.8. The smallest absolute Gasteiger partial charge is 0.315 e. The number of rotatable bonds is 5. The number of aliphatic carboxylic acids is 1. The molecule has 0 spiro atoms. The SMILES string of the molecule is CC1Sc2ccc(C(=O)NCC(C)(C(=O)O)c3ccccc3)cc2NC1=O. The lowest BCUT2D eigenvalue weighted by molar-refractivity contribution is -0.143. The molecule has 0 bridgehead atoms. The summed E-state index contributed by atoms with van der Waals surface area (Å²) in [7, 11) is 0. The summed E-state index contributed by atoms with van der Waals surface area (Å²) in [5.41, 5.74) is 0.329. The van der Waals surface area contributed by atoms with Crippen LogP contribution in [0, 0.1) is 0 Å². The molecule has 0 radical (unpaired) electrons. The molecule has 6 nitrogen and oxygen atoms in total. The summed E-state index contributed by atoms with van der Waals surface area (Å²) in [5, 5.41) is 15.0. The second-order valence-electron chi connectivity index (χ2n) is 6.65. The first-order chi connectivity index (χ1) is 12.8. The fraction of sp³-hybridized carbons (Fsp3) is 0.250. The number of fused-ring (bicyclic) bond motifs is 1. The second kappa shape index (κ2) is 7.44. The summed E-state index contributed by atoms with van der Waals surface area (Å²) in [5.74, 6) is -1.51. The van der Waals surface area contributed by atoms with Crippen molar-refractivity contribution in [3.63, 3.8) is 0 Å². The van der Waals surface area contributed by atoms with Crippen LogP contribution in [0.2, 0.25) is 0 Å². The molecule has 0 aromatic heterocycles. The first kappa shape index (κ1) is 19.0. The number of carbonyl (C=O) groups excluding carboxylic acids is 2. The highest BCUT2D eigenvalue weighted by Crippen LogP contribution is 2.36. The van der Waals surface area contributed by atoms with E-state index in [9.17, 15) is 19.5 Å². The van der Waals surface area contributed by atoms with Crippen LogP contribution in [-0.2, 0) is 15.0 Å². The third-order valence-corrected chi connectivity index (χ3v) is 5.84. The Labute approximate surface area is 161 Å². The van der Waals surface area contributed by atoms with Gasteiger partial charge < -0.3 is 15.7 Å². The standard InChI is InChI=1S/C20H20N2O4S/c1-12-17(23)22-15-10-13(8-9-16(15)27-12)18(24)21-11-20(2,19(25)26)14-6-4-3-5-7-14/h3-10,12H,11H2,1-2H3,(H,21,24)(H,22,23)(H,25,26). The molecule has 0 fully saturated rings. The summed E-state index contributed by atoms with van der Waals surface area (Å²) in [6.07, 6.45) is 0. The molecule has 0 saturated heterocycles. The van der Waals surface area contributed by atoms with Crippen LogP contribution in [0.1, 0.15) is 29.8 Å². The predicted octanol–water partition coefficient (Wildman–Crippen LogP) is 2.89. The van der Waals surface area contributed by atoms with Crippen LogP contribution >= 0.6 is 11.8 Å². The summed E-state index contributed by atoms with van der Waals surface area (Å²) in [4.78, 5) is 37.1. The van der Waals surface area contributed by atoms with E-state index in [1.54, 1.807) is 49.4 Å². The third kappa shape index (κ3) is 3.83. The van der Waals surface area contributed by atoms with Crippen molar-refractivity contribution in [2.75, 3.05) is 11.9 Å². The van der Waals surface area contributed by atoms with Gasteiger partial charge in [0.05, 0.1) is 10.9 Å². The van der Waals surface area contributed by atoms with Crippen molar-refractivity contribution in [3.05, 3.63) is 59.7 Å². The van der Waals surface area contributed by atoms with Gasteiger partial charge in [0.2, 0.25) is 5.91 Å². The van der Waals surface area contributed by atoms with E-state index in [4.69, 9.17) is 0 Å². The fourth-order valence-corrected chi connectivity index (χ4v) is 3.75. The monoisotopic (exact) mass is 384 g/mol. The van der Waals surface area contributed by atoms with Crippen molar-refractivity contribution in [2.45, 2.75) is 29.4 Å². The van der Waals surface area contributed by atoms with Gasteiger partial charge in [-0.25, -0.2) is 0 Å². The Morgan fingerprint density at radius 1 is 1.22 bits per heavy atom. The van der Waals surface area contributed by atoms with Crippen molar-refractivity contribution in [1.29, 1.82) is 0 Å². The van der Waals surface area contributed by atoms with Crippen molar-refractivity contribution in [2.24, 2.45) is 0 Å². The lowest BCUT2D eigenvalue weighted by atomic mass is 9.82. The van der Waals surface area contributed by atoms with E-state index in [1.807, 2.05) is 13.0 Å². The van der Waals surface area contributed by atoms with Gasteiger partial charge in [0.1, 0.15) is 5.41 Å². The van der Waals surface area contributed by atoms with Gasteiger partial charge in [-0.1, -0.05) is 30.3 Å². The molecule has 2 amide bonds. The fourth-order valence-electron chi connectivity index (χ4n) is 2.82. The Balaban J connectivity index is 1.76. The van der Waals surface area contributed by atoms with Gasteiger partial charge in [-0.3, -0.25) is 14.4 Å². The number of hydrogen-bond donors (Lipinski definition) is 3. The molecule has 2 aromatic carbocycles. The van der Waals surface area contributed by atoms with Gasteiger partial charge in [0.15, 0.2) is 0 Å². The first-order valence-electron chi connectivity index (χ1n) is 8.50. The molecule has 27 heavy (non-hydrogen) atoms. The number of benzene rings is 2. The Bertz CT molecular complexity index is 900. The predicted molar refractivity (Wildman–Crippen MR) is 104 cm³/mol. The molecular formula is C20H20N2O4S. The van der Waals surface area contributed by atoms with Crippen molar-refractivity contribution >= 4 is 35.2 Å². The van der Waals surface area contributed by atoms with Crippen LogP contribution in [0.25, 0.3) is 0 Å². The Morgan fingerprint density at radius 2 is 1.93 bits per heavy atom. The van der Waals surface area contributed by atoms with E-state index in [2.05, 4.69) is 10.6 Å². The topological polar surface area (TPSA) is 95.5 Å². The highest BCUT2D eigenvalue weighted by Gasteiger charge is 2.35. The molecule has 2 unspecified atom stereocenters. The normalized spacial score (nSPS) is 18.0. The largest absolute Gasteiger partial charge is 0.481 e. The van der Waals surface area contributed by atoms with Crippen molar-refractivity contribution in [1.82, 2.24) is 5.32 Å². The summed E-state index contributed by atoms with van der Waals surface area (Å²) in [6.45, 7) is 3.34. The van der Waals surface area contributed by atoms with E-state index in [0.29, 0.717) is 16.8 Å². The maximum Gasteiger partial charge on any atom is 0.315 e. The van der Waals surface area contributed by atoms with Gasteiger partial charge in [-0.2, -0.15) is 0 Å². The molecule has 3 rings (SSSR count). The van der Waals surface area contributed by atoms with Crippen LogP contribution < -0.4 is 10.6 Å². The third-order valence-electron chi connectivity index (χ3n) is 4.66. The zero-order valence-electron chi connectivity index (χ0n) is 15.0. The number of hydrogen-bond acceptors (Lipinski definition) is 4. The van der Waals surface area contributed by atoms with Crippen LogP contribution in [0.3, 0.4) is 0 Å². The number of amides is 2. The Kier molecular flexibility index (Phi) is 5.23. The van der Waals surface area contributed by atoms with Gasteiger partial charge in [0.25, 0.3) is 5.91 Å². The molecule has 2 atom stereocenters. The number of carboxylic acid groups (broad SMARTS) is 1. The summed E-state index contributed by atoms with van der Waals surface area (Å²) in [6, 6.07) is 13.9. The molecule has 1 aliphatic rings. The average Bonchev–Trinajstić information content (AvgIpc) is 2.67. The summed E-state index contributed by atoms with van der Waals surface area (Å²) < 4.78 is 0. The van der Waals surface area contributed by atoms with Gasteiger partial charge in [0, 0.05) is 17.0 Å². The minimum absolute atomic E-state index is 0.0552.